The maximum Gasteiger partial charge on any atom is 0.272 e. The molecule has 2 N–H and O–H groups in total. The molecule has 7 nitrogen and oxygen atoms in total. The summed E-state index contributed by atoms with van der Waals surface area (Å²) in [6, 6.07) is 4.26. The van der Waals surface area contributed by atoms with Gasteiger partial charge in [-0.1, -0.05) is 11.6 Å². The third-order valence-corrected chi connectivity index (χ3v) is 4.72. The molecule has 1 aromatic carbocycles. The largest absolute Gasteiger partial charge is 0.358 e. The van der Waals surface area contributed by atoms with E-state index in [-0.39, 0.29) is 23.7 Å². The third-order valence-electron chi connectivity index (χ3n) is 4.49. The minimum absolute atomic E-state index is 0.154. The van der Waals surface area contributed by atoms with Crippen LogP contribution in [0.2, 0.25) is 5.02 Å². The second-order valence-electron chi connectivity index (χ2n) is 6.45. The molecule has 0 fully saturated rings. The first-order valence-electron chi connectivity index (χ1n) is 8.63. The number of imidazole rings is 1. The van der Waals surface area contributed by atoms with Crippen molar-refractivity contribution in [1.29, 1.82) is 0 Å². The van der Waals surface area contributed by atoms with E-state index in [1.165, 1.54) is 25.2 Å². The second kappa shape index (κ2) is 8.06. The number of carbonyl (C=O) groups is 2. The summed E-state index contributed by atoms with van der Waals surface area (Å²) in [5, 5.41) is 5.39. The molecule has 9 heteroatoms. The van der Waals surface area contributed by atoms with Gasteiger partial charge in [-0.3, -0.25) is 9.59 Å². The summed E-state index contributed by atoms with van der Waals surface area (Å²) in [5.41, 5.74) is 1.14. The van der Waals surface area contributed by atoms with Gasteiger partial charge in [-0.15, -0.1) is 0 Å². The molecule has 3 rings (SSSR count). The van der Waals surface area contributed by atoms with Crippen LogP contribution < -0.4 is 10.6 Å². The van der Waals surface area contributed by atoms with Gasteiger partial charge < -0.3 is 20.1 Å². The van der Waals surface area contributed by atoms with Gasteiger partial charge in [0.15, 0.2) is 5.69 Å². The molecule has 0 saturated carbocycles. The zero-order valence-corrected chi connectivity index (χ0v) is 15.9. The van der Waals surface area contributed by atoms with Crippen molar-refractivity contribution in [2.24, 2.45) is 0 Å². The van der Waals surface area contributed by atoms with Crippen LogP contribution in [0.5, 0.6) is 0 Å². The van der Waals surface area contributed by atoms with Crippen molar-refractivity contribution < 1.29 is 14.0 Å². The summed E-state index contributed by atoms with van der Waals surface area (Å²) in [7, 11) is 3.45. The van der Waals surface area contributed by atoms with E-state index in [2.05, 4.69) is 20.5 Å². The highest BCUT2D eigenvalue weighted by Crippen LogP contribution is 2.29. The molecule has 0 bridgehead atoms. The Kier molecular flexibility index (Phi) is 5.76. The number of fused-ring (bicyclic) bond motifs is 1. The Labute approximate surface area is 161 Å². The number of halogens is 2. The van der Waals surface area contributed by atoms with Crippen LogP contribution in [0.1, 0.15) is 22.6 Å². The molecule has 0 radical (unpaired) electrons. The normalized spacial score (nSPS) is 14.4. The predicted octanol–water partition coefficient (Wildman–Crippen LogP) is 1.65. The molecule has 0 atom stereocenters. The van der Waals surface area contributed by atoms with E-state index in [1.807, 2.05) is 11.6 Å². The quantitative estimate of drug-likeness (QED) is 0.828. The average Bonchev–Trinajstić information content (AvgIpc) is 2.87. The van der Waals surface area contributed by atoms with Gasteiger partial charge in [0, 0.05) is 25.2 Å². The number of likely N-dealkylation sites (N-methyl/N-ethyl adjacent to an activating group) is 1. The third kappa shape index (κ3) is 4.12. The molecule has 1 aromatic heterocycles. The molecule has 0 saturated heterocycles. The number of nitrogens with zero attached hydrogens (tertiary/aromatic N) is 3. The molecular formula is C18H21ClFN5O2. The van der Waals surface area contributed by atoms with Gasteiger partial charge in [0.25, 0.3) is 5.91 Å². The van der Waals surface area contributed by atoms with Gasteiger partial charge in [0.05, 0.1) is 17.8 Å². The Morgan fingerprint density at radius 2 is 2.11 bits per heavy atom. The van der Waals surface area contributed by atoms with E-state index >= 15 is 0 Å². The zero-order valence-electron chi connectivity index (χ0n) is 15.2. The van der Waals surface area contributed by atoms with Crippen molar-refractivity contribution in [3.05, 3.63) is 40.4 Å². The first-order valence-corrected chi connectivity index (χ1v) is 9.00. The van der Waals surface area contributed by atoms with E-state index in [0.717, 1.165) is 13.0 Å². The summed E-state index contributed by atoms with van der Waals surface area (Å²) in [6.45, 7) is 1.80. The fourth-order valence-corrected chi connectivity index (χ4v) is 3.28. The van der Waals surface area contributed by atoms with Crippen molar-refractivity contribution >= 4 is 23.4 Å². The Balaban J connectivity index is 2.06. The fourth-order valence-electron chi connectivity index (χ4n) is 3.11. The second-order valence-corrected chi connectivity index (χ2v) is 6.89. The van der Waals surface area contributed by atoms with Crippen LogP contribution in [0.25, 0.3) is 11.4 Å². The van der Waals surface area contributed by atoms with Gasteiger partial charge in [-0.2, -0.15) is 0 Å². The van der Waals surface area contributed by atoms with Crippen molar-refractivity contribution in [1.82, 2.24) is 25.1 Å². The van der Waals surface area contributed by atoms with Crippen molar-refractivity contribution in [3.8, 4) is 11.4 Å². The lowest BCUT2D eigenvalue weighted by atomic mass is 10.2. The van der Waals surface area contributed by atoms with E-state index in [1.54, 1.807) is 0 Å². The van der Waals surface area contributed by atoms with Gasteiger partial charge >= 0.3 is 0 Å². The Morgan fingerprint density at radius 1 is 1.33 bits per heavy atom. The molecule has 0 aliphatic carbocycles. The maximum absolute atomic E-state index is 14.4. The van der Waals surface area contributed by atoms with Crippen molar-refractivity contribution in [2.45, 2.75) is 19.5 Å². The van der Waals surface area contributed by atoms with E-state index in [9.17, 15) is 14.0 Å². The highest BCUT2D eigenvalue weighted by atomic mass is 35.5. The number of amides is 2. The van der Waals surface area contributed by atoms with Crippen LogP contribution >= 0.6 is 11.6 Å². The number of aromatic nitrogens is 2. The predicted molar refractivity (Wildman–Crippen MR) is 100.0 cm³/mol. The minimum atomic E-state index is -0.466. The number of carbonyl (C=O) groups excluding carboxylic acids is 2. The molecule has 1 aliphatic rings. The van der Waals surface area contributed by atoms with Crippen LogP contribution in [0, 0.1) is 5.82 Å². The standard InChI is InChI=1S/C18H21ClFN5O2/c1-21-15(26)9-22-18(27)16-14-10-24(2)6-3-7-25(14)17(23-16)12-8-11(19)4-5-13(12)20/h4-5,8H,3,6-7,9-10H2,1-2H3,(H,21,26)(H,22,27). The van der Waals surface area contributed by atoms with Crippen LogP contribution in [-0.4, -0.2) is 53.5 Å². The smallest absolute Gasteiger partial charge is 0.272 e. The number of benzene rings is 1. The van der Waals surface area contributed by atoms with Crippen LogP contribution in [-0.2, 0) is 17.9 Å². The molecule has 27 heavy (non-hydrogen) atoms. The van der Waals surface area contributed by atoms with Gasteiger partial charge in [-0.05, 0) is 38.2 Å². The highest BCUT2D eigenvalue weighted by Gasteiger charge is 2.27. The summed E-state index contributed by atoms with van der Waals surface area (Å²) >= 11 is 6.04. The summed E-state index contributed by atoms with van der Waals surface area (Å²) in [6.07, 6.45) is 0.842. The molecule has 2 heterocycles. The lowest BCUT2D eigenvalue weighted by Gasteiger charge is -2.13. The molecule has 0 spiro atoms. The lowest BCUT2D eigenvalue weighted by molar-refractivity contribution is -0.119. The van der Waals surface area contributed by atoms with Crippen LogP contribution in [0.15, 0.2) is 18.2 Å². The highest BCUT2D eigenvalue weighted by molar-refractivity contribution is 6.30. The topological polar surface area (TPSA) is 79.3 Å². The maximum atomic E-state index is 14.4. The van der Waals surface area contributed by atoms with Gasteiger partial charge in [0.1, 0.15) is 11.6 Å². The molecule has 1 aliphatic heterocycles. The van der Waals surface area contributed by atoms with Gasteiger partial charge in [0.2, 0.25) is 5.91 Å². The molecule has 2 aromatic rings. The van der Waals surface area contributed by atoms with Crippen LogP contribution in [0.4, 0.5) is 4.39 Å². The first-order chi connectivity index (χ1) is 12.9. The van der Waals surface area contributed by atoms with E-state index in [4.69, 9.17) is 11.6 Å². The molecule has 144 valence electrons. The van der Waals surface area contributed by atoms with Crippen molar-refractivity contribution in [3.63, 3.8) is 0 Å². The Hall–Kier alpha value is -2.45. The monoisotopic (exact) mass is 393 g/mol. The van der Waals surface area contributed by atoms with E-state index < -0.39 is 11.7 Å². The summed E-state index contributed by atoms with van der Waals surface area (Å²) in [5.74, 6) is -0.870. The van der Waals surface area contributed by atoms with E-state index in [0.29, 0.717) is 29.6 Å². The van der Waals surface area contributed by atoms with Crippen molar-refractivity contribution in [2.75, 3.05) is 27.2 Å². The zero-order chi connectivity index (χ0) is 19.6. The molecule has 0 unspecified atom stereocenters. The Bertz CT molecular complexity index is 883. The Morgan fingerprint density at radius 3 is 2.85 bits per heavy atom. The molecule has 2 amide bonds. The SMILES string of the molecule is CNC(=O)CNC(=O)c1nc(-c2cc(Cl)ccc2F)n2c1CN(C)CCC2. The number of nitrogens with one attached hydrogen (secondary N) is 2. The summed E-state index contributed by atoms with van der Waals surface area (Å²) in [4.78, 5) is 30.6. The fraction of sp³-hybridized carbons (Fsp3) is 0.389. The number of hydrogen-bond acceptors (Lipinski definition) is 4. The number of rotatable bonds is 4. The van der Waals surface area contributed by atoms with Gasteiger partial charge in [-0.25, -0.2) is 9.37 Å². The number of hydrogen-bond donors (Lipinski definition) is 2. The van der Waals surface area contributed by atoms with Crippen LogP contribution in [0.3, 0.4) is 0 Å². The minimum Gasteiger partial charge on any atom is -0.358 e. The first kappa shape index (κ1) is 19.3. The summed E-state index contributed by atoms with van der Waals surface area (Å²) < 4.78 is 16.3. The average molecular weight is 394 g/mol. The lowest BCUT2D eigenvalue weighted by Crippen LogP contribution is -2.36. The molecular weight excluding hydrogens is 373 g/mol.